The molecule has 0 unspecified atom stereocenters. The van der Waals surface area contributed by atoms with Gasteiger partial charge in [-0.15, -0.1) is 0 Å². The lowest BCUT2D eigenvalue weighted by molar-refractivity contribution is 0.405. The van der Waals surface area contributed by atoms with Crippen LogP contribution in [0.4, 0.5) is 0 Å². The molecule has 90 valence electrons. The molecule has 0 radical (unpaired) electrons. The summed E-state index contributed by atoms with van der Waals surface area (Å²) in [5, 5.41) is 0.784. The van der Waals surface area contributed by atoms with E-state index in [9.17, 15) is 0 Å². The molecule has 1 aromatic carbocycles. The topological polar surface area (TPSA) is 35.2 Å². The van der Waals surface area contributed by atoms with Crippen molar-refractivity contribution in [2.75, 3.05) is 13.7 Å². The molecule has 0 fully saturated rings. The van der Waals surface area contributed by atoms with E-state index in [2.05, 4.69) is 0 Å². The molecule has 16 heavy (non-hydrogen) atoms. The number of rotatable bonds is 6. The van der Waals surface area contributed by atoms with Crippen LogP contribution in [0.2, 0.25) is 5.02 Å². The molecular weight excluding hydrogens is 222 g/mol. The number of aryl methyl sites for hydroxylation is 2. The highest BCUT2D eigenvalue weighted by atomic mass is 35.5. The maximum Gasteiger partial charge on any atom is 0.125 e. The zero-order valence-electron chi connectivity index (χ0n) is 10.1. The van der Waals surface area contributed by atoms with Gasteiger partial charge in [0, 0.05) is 5.02 Å². The van der Waals surface area contributed by atoms with Crippen molar-refractivity contribution < 1.29 is 4.74 Å². The van der Waals surface area contributed by atoms with E-state index in [-0.39, 0.29) is 0 Å². The Morgan fingerprint density at radius 2 is 2.00 bits per heavy atom. The van der Waals surface area contributed by atoms with E-state index in [0.717, 1.165) is 48.6 Å². The van der Waals surface area contributed by atoms with Crippen LogP contribution in [0, 0.1) is 6.92 Å². The molecule has 0 aliphatic carbocycles. The van der Waals surface area contributed by atoms with Crippen LogP contribution < -0.4 is 10.5 Å². The molecule has 2 nitrogen and oxygen atoms in total. The molecule has 0 saturated carbocycles. The first-order chi connectivity index (χ1) is 7.69. The number of halogens is 1. The Balaban J connectivity index is 2.69. The van der Waals surface area contributed by atoms with Crippen LogP contribution in [-0.2, 0) is 6.42 Å². The Hall–Kier alpha value is -0.730. The summed E-state index contributed by atoms with van der Waals surface area (Å²) in [7, 11) is 1.71. The van der Waals surface area contributed by atoms with Gasteiger partial charge >= 0.3 is 0 Å². The number of nitrogens with two attached hydrogens (primary N) is 1. The summed E-state index contributed by atoms with van der Waals surface area (Å²) < 4.78 is 5.40. The van der Waals surface area contributed by atoms with Crippen LogP contribution in [0.15, 0.2) is 12.1 Å². The van der Waals surface area contributed by atoms with Crippen molar-refractivity contribution >= 4 is 11.6 Å². The Morgan fingerprint density at radius 3 is 2.62 bits per heavy atom. The summed E-state index contributed by atoms with van der Waals surface area (Å²) in [6.45, 7) is 2.79. The lowest BCUT2D eigenvalue weighted by Crippen LogP contribution is -1.99. The predicted octanol–water partition coefficient (Wildman–Crippen LogP) is 3.33. The van der Waals surface area contributed by atoms with Crippen molar-refractivity contribution in [1.29, 1.82) is 0 Å². The Bertz CT molecular complexity index is 339. The van der Waals surface area contributed by atoms with Crippen molar-refractivity contribution in [3.63, 3.8) is 0 Å². The standard InChI is InChI=1S/C13H20ClNO/c1-10-8-12(14)9-11(13(10)16-2)6-4-3-5-7-15/h8-9H,3-7,15H2,1-2H3. The van der Waals surface area contributed by atoms with Crippen molar-refractivity contribution in [2.24, 2.45) is 5.73 Å². The van der Waals surface area contributed by atoms with E-state index in [1.165, 1.54) is 5.56 Å². The molecule has 0 aromatic heterocycles. The van der Waals surface area contributed by atoms with E-state index >= 15 is 0 Å². The van der Waals surface area contributed by atoms with Crippen LogP contribution in [-0.4, -0.2) is 13.7 Å². The van der Waals surface area contributed by atoms with Gasteiger partial charge in [0.2, 0.25) is 0 Å². The lowest BCUT2D eigenvalue weighted by Gasteiger charge is -2.12. The summed E-state index contributed by atoms with van der Waals surface area (Å²) >= 11 is 6.04. The average molecular weight is 242 g/mol. The van der Waals surface area contributed by atoms with Crippen molar-refractivity contribution in [3.8, 4) is 5.75 Å². The van der Waals surface area contributed by atoms with Gasteiger partial charge in [0.25, 0.3) is 0 Å². The second-order valence-corrected chi connectivity index (χ2v) is 4.45. The number of ether oxygens (including phenoxy) is 1. The van der Waals surface area contributed by atoms with Gasteiger partial charge in [-0.1, -0.05) is 18.0 Å². The molecule has 3 heteroatoms. The number of unbranched alkanes of at least 4 members (excludes halogenated alkanes) is 2. The largest absolute Gasteiger partial charge is 0.496 e. The second kappa shape index (κ2) is 6.77. The van der Waals surface area contributed by atoms with Gasteiger partial charge in [0.15, 0.2) is 0 Å². The first-order valence-corrected chi connectivity index (χ1v) is 6.10. The number of benzene rings is 1. The molecule has 0 heterocycles. The highest BCUT2D eigenvalue weighted by molar-refractivity contribution is 6.30. The Kier molecular flexibility index (Phi) is 5.64. The fourth-order valence-corrected chi connectivity index (χ4v) is 2.21. The minimum absolute atomic E-state index is 0.770. The molecule has 0 atom stereocenters. The quantitative estimate of drug-likeness (QED) is 0.776. The monoisotopic (exact) mass is 241 g/mol. The smallest absolute Gasteiger partial charge is 0.125 e. The van der Waals surface area contributed by atoms with Crippen LogP contribution in [0.1, 0.15) is 30.4 Å². The third-order valence-corrected chi connectivity index (χ3v) is 2.89. The summed E-state index contributed by atoms with van der Waals surface area (Å²) in [5.41, 5.74) is 7.77. The van der Waals surface area contributed by atoms with Gasteiger partial charge in [-0.05, 0) is 56.0 Å². The van der Waals surface area contributed by atoms with Gasteiger partial charge in [-0.3, -0.25) is 0 Å². The van der Waals surface area contributed by atoms with Crippen LogP contribution in [0.5, 0.6) is 5.75 Å². The highest BCUT2D eigenvalue weighted by Gasteiger charge is 2.07. The normalized spacial score (nSPS) is 10.5. The Morgan fingerprint density at radius 1 is 1.25 bits per heavy atom. The molecule has 0 aliphatic rings. The Labute approximate surface area is 103 Å². The molecule has 0 bridgehead atoms. The maximum absolute atomic E-state index is 6.04. The predicted molar refractivity (Wildman–Crippen MR) is 69.4 cm³/mol. The first-order valence-electron chi connectivity index (χ1n) is 5.72. The molecule has 0 saturated heterocycles. The molecule has 1 rings (SSSR count). The molecule has 1 aromatic rings. The average Bonchev–Trinajstić information content (AvgIpc) is 2.24. The zero-order valence-corrected chi connectivity index (χ0v) is 10.8. The summed E-state index contributed by atoms with van der Waals surface area (Å²) in [6.07, 6.45) is 4.38. The van der Waals surface area contributed by atoms with Gasteiger partial charge < -0.3 is 10.5 Å². The first kappa shape index (κ1) is 13.3. The van der Waals surface area contributed by atoms with Gasteiger partial charge in [-0.25, -0.2) is 0 Å². The molecule has 0 aliphatic heterocycles. The van der Waals surface area contributed by atoms with Gasteiger partial charge in [0.1, 0.15) is 5.75 Å². The van der Waals surface area contributed by atoms with E-state index < -0.39 is 0 Å². The van der Waals surface area contributed by atoms with E-state index in [0.29, 0.717) is 0 Å². The third-order valence-electron chi connectivity index (χ3n) is 2.67. The summed E-state index contributed by atoms with van der Waals surface area (Å²) in [6, 6.07) is 3.93. The van der Waals surface area contributed by atoms with E-state index in [1.54, 1.807) is 7.11 Å². The third kappa shape index (κ3) is 3.69. The van der Waals surface area contributed by atoms with E-state index in [1.807, 2.05) is 19.1 Å². The number of hydrogen-bond donors (Lipinski definition) is 1. The fraction of sp³-hybridized carbons (Fsp3) is 0.538. The zero-order chi connectivity index (χ0) is 12.0. The number of hydrogen-bond acceptors (Lipinski definition) is 2. The fourth-order valence-electron chi connectivity index (χ4n) is 1.91. The molecule has 2 N–H and O–H groups in total. The van der Waals surface area contributed by atoms with Crippen LogP contribution >= 0.6 is 11.6 Å². The molecule has 0 amide bonds. The maximum atomic E-state index is 6.04. The second-order valence-electron chi connectivity index (χ2n) is 4.01. The molecule has 0 spiro atoms. The summed E-state index contributed by atoms with van der Waals surface area (Å²) in [4.78, 5) is 0. The van der Waals surface area contributed by atoms with Crippen LogP contribution in [0.25, 0.3) is 0 Å². The van der Waals surface area contributed by atoms with Crippen molar-refractivity contribution in [3.05, 3.63) is 28.3 Å². The lowest BCUT2D eigenvalue weighted by atomic mass is 10.0. The van der Waals surface area contributed by atoms with Crippen molar-refractivity contribution in [1.82, 2.24) is 0 Å². The minimum atomic E-state index is 0.770. The van der Waals surface area contributed by atoms with E-state index in [4.69, 9.17) is 22.1 Å². The van der Waals surface area contributed by atoms with Crippen LogP contribution in [0.3, 0.4) is 0 Å². The SMILES string of the molecule is COc1c(C)cc(Cl)cc1CCCCCN. The molecular formula is C13H20ClNO. The summed E-state index contributed by atoms with van der Waals surface area (Å²) in [5.74, 6) is 0.970. The van der Waals surface area contributed by atoms with Gasteiger partial charge in [-0.2, -0.15) is 0 Å². The number of methoxy groups -OCH3 is 1. The minimum Gasteiger partial charge on any atom is -0.496 e. The van der Waals surface area contributed by atoms with Crippen molar-refractivity contribution in [2.45, 2.75) is 32.6 Å². The van der Waals surface area contributed by atoms with Gasteiger partial charge in [0.05, 0.1) is 7.11 Å². The highest BCUT2D eigenvalue weighted by Crippen LogP contribution is 2.28.